The smallest absolute Gasteiger partial charge is 0.407 e. The van der Waals surface area contributed by atoms with Crippen molar-refractivity contribution in [2.75, 3.05) is 6.61 Å². The Hall–Kier alpha value is -2.57. The number of fused-ring (bicyclic) bond motifs is 1. The lowest BCUT2D eigenvalue weighted by molar-refractivity contribution is -0.140. The fourth-order valence-corrected chi connectivity index (χ4v) is 1.85. The number of ether oxygens (including phenoxy) is 1. The van der Waals surface area contributed by atoms with Crippen LogP contribution < -0.4 is 5.32 Å². The molecule has 1 atom stereocenters. The lowest BCUT2D eigenvalue weighted by atomic mass is 10.1. The summed E-state index contributed by atoms with van der Waals surface area (Å²) in [7, 11) is 0. The molecule has 3 N–H and O–H groups in total. The molecule has 1 amide bonds. The molecule has 1 aromatic carbocycles. The van der Waals surface area contributed by atoms with Crippen LogP contribution in [0.3, 0.4) is 0 Å². The SMILES string of the molecule is CCCCOC(=O)N[C@@H](CCC(=O)O)C(=O)O.c1ccc2c(c1)C2. The number of carbonyl (C=O) groups excluding carboxylic acids is 1. The monoisotopic (exact) mass is 337 g/mol. The molecule has 24 heavy (non-hydrogen) atoms. The van der Waals surface area contributed by atoms with Crippen LogP contribution in [0.15, 0.2) is 24.3 Å². The van der Waals surface area contributed by atoms with Crippen molar-refractivity contribution in [1.29, 1.82) is 0 Å². The van der Waals surface area contributed by atoms with Gasteiger partial charge in [-0.15, -0.1) is 0 Å². The fraction of sp³-hybridized carbons (Fsp3) is 0.471. The molecule has 0 aliphatic heterocycles. The molecule has 7 heteroatoms. The van der Waals surface area contributed by atoms with Gasteiger partial charge in [-0.1, -0.05) is 37.6 Å². The van der Waals surface area contributed by atoms with Gasteiger partial charge < -0.3 is 20.3 Å². The first-order chi connectivity index (χ1) is 11.4. The van der Waals surface area contributed by atoms with E-state index in [9.17, 15) is 14.4 Å². The number of alkyl carbamates (subject to hydrolysis) is 1. The zero-order valence-electron chi connectivity index (χ0n) is 13.7. The standard InChI is InChI=1S/C10H17NO6.C7H6/c1-2-3-6-17-10(16)11-7(9(14)15)4-5-8(12)13;1-2-4-7-5-6(7)3-1/h7H,2-6H2,1H3,(H,11,16)(H,12,13)(H,14,15);1-4H,5H2/t7-;/m0./s1. The van der Waals surface area contributed by atoms with Crippen LogP contribution in [0, 0.1) is 0 Å². The maximum atomic E-state index is 11.1. The summed E-state index contributed by atoms with van der Waals surface area (Å²) in [5.41, 5.74) is 3.06. The minimum atomic E-state index is -1.28. The van der Waals surface area contributed by atoms with E-state index in [1.54, 1.807) is 0 Å². The maximum absolute atomic E-state index is 11.1. The Morgan fingerprint density at radius 2 is 1.83 bits per heavy atom. The summed E-state index contributed by atoms with van der Waals surface area (Å²) in [6.07, 6.45) is 1.46. The Morgan fingerprint density at radius 1 is 1.21 bits per heavy atom. The van der Waals surface area contributed by atoms with Gasteiger partial charge in [-0.05, 0) is 30.4 Å². The van der Waals surface area contributed by atoms with Gasteiger partial charge >= 0.3 is 18.0 Å². The number of benzene rings is 1. The highest BCUT2D eigenvalue weighted by molar-refractivity contribution is 5.80. The third kappa shape index (κ3) is 8.17. The molecule has 0 saturated carbocycles. The van der Waals surface area contributed by atoms with Crippen molar-refractivity contribution in [2.24, 2.45) is 0 Å². The Kier molecular flexibility index (Phi) is 8.32. The van der Waals surface area contributed by atoms with Crippen molar-refractivity contribution in [3.05, 3.63) is 35.4 Å². The van der Waals surface area contributed by atoms with Crippen molar-refractivity contribution in [1.82, 2.24) is 5.32 Å². The molecule has 132 valence electrons. The maximum Gasteiger partial charge on any atom is 0.407 e. The minimum Gasteiger partial charge on any atom is -0.481 e. The molecule has 2 rings (SSSR count). The van der Waals surface area contributed by atoms with Crippen molar-refractivity contribution < 1.29 is 29.3 Å². The van der Waals surface area contributed by atoms with Gasteiger partial charge in [0, 0.05) is 6.42 Å². The van der Waals surface area contributed by atoms with Gasteiger partial charge in [0.05, 0.1) is 6.61 Å². The van der Waals surface area contributed by atoms with Crippen LogP contribution in [0.1, 0.15) is 43.7 Å². The summed E-state index contributed by atoms with van der Waals surface area (Å²) >= 11 is 0. The second-order valence-corrected chi connectivity index (χ2v) is 5.40. The summed E-state index contributed by atoms with van der Waals surface area (Å²) < 4.78 is 4.71. The fourth-order valence-electron chi connectivity index (χ4n) is 1.85. The summed E-state index contributed by atoms with van der Waals surface area (Å²) in [6.45, 7) is 2.14. The summed E-state index contributed by atoms with van der Waals surface area (Å²) in [4.78, 5) is 32.1. The van der Waals surface area contributed by atoms with E-state index in [4.69, 9.17) is 14.9 Å². The van der Waals surface area contributed by atoms with Crippen LogP contribution in [0.25, 0.3) is 0 Å². The minimum absolute atomic E-state index is 0.173. The molecule has 1 aromatic rings. The highest BCUT2D eigenvalue weighted by Gasteiger charge is 2.21. The quantitative estimate of drug-likeness (QED) is 0.638. The predicted molar refractivity (Wildman–Crippen MR) is 86.9 cm³/mol. The molecule has 1 aliphatic carbocycles. The number of rotatable bonds is 8. The van der Waals surface area contributed by atoms with Crippen molar-refractivity contribution in [2.45, 2.75) is 45.1 Å². The van der Waals surface area contributed by atoms with Gasteiger partial charge in [-0.3, -0.25) is 4.79 Å². The number of aliphatic carboxylic acids is 2. The van der Waals surface area contributed by atoms with Gasteiger partial charge in [0.2, 0.25) is 0 Å². The average molecular weight is 337 g/mol. The molecule has 0 spiro atoms. The van der Waals surface area contributed by atoms with E-state index in [-0.39, 0.29) is 19.4 Å². The first-order valence-corrected chi connectivity index (χ1v) is 7.88. The first kappa shape index (κ1) is 19.5. The van der Waals surface area contributed by atoms with E-state index in [1.165, 1.54) is 17.5 Å². The van der Waals surface area contributed by atoms with Gasteiger partial charge in [-0.25, -0.2) is 9.59 Å². The molecule has 7 nitrogen and oxygen atoms in total. The largest absolute Gasteiger partial charge is 0.481 e. The number of hydrogen-bond acceptors (Lipinski definition) is 4. The van der Waals surface area contributed by atoms with Crippen molar-refractivity contribution in [3.8, 4) is 0 Å². The average Bonchev–Trinajstić information content (AvgIpc) is 3.31. The van der Waals surface area contributed by atoms with Crippen LogP contribution in [0.2, 0.25) is 0 Å². The number of carboxylic acids is 2. The topological polar surface area (TPSA) is 113 Å². The van der Waals surface area contributed by atoms with E-state index in [1.807, 2.05) is 6.92 Å². The zero-order valence-corrected chi connectivity index (χ0v) is 13.7. The number of nitrogens with one attached hydrogen (secondary N) is 1. The molecule has 1 aliphatic rings. The van der Waals surface area contributed by atoms with Gasteiger partial charge in [0.25, 0.3) is 0 Å². The van der Waals surface area contributed by atoms with E-state index in [2.05, 4.69) is 29.6 Å². The molecule has 0 heterocycles. The van der Waals surface area contributed by atoms with E-state index >= 15 is 0 Å². The molecule has 0 unspecified atom stereocenters. The molecule has 0 bridgehead atoms. The lowest BCUT2D eigenvalue weighted by Crippen LogP contribution is -2.41. The Morgan fingerprint density at radius 3 is 2.29 bits per heavy atom. The van der Waals surface area contributed by atoms with Gasteiger partial charge in [-0.2, -0.15) is 0 Å². The molecule has 0 fully saturated rings. The molecule has 0 aromatic heterocycles. The number of hydrogen-bond donors (Lipinski definition) is 3. The Balaban J connectivity index is 0.000000331. The number of unbranched alkanes of at least 4 members (excludes halogenated alkanes) is 1. The first-order valence-electron chi connectivity index (χ1n) is 7.88. The molecular formula is C17H23NO6. The number of carbonyl (C=O) groups is 3. The van der Waals surface area contributed by atoms with Crippen LogP contribution >= 0.6 is 0 Å². The third-order valence-electron chi connectivity index (χ3n) is 3.34. The Bertz CT molecular complexity index is 551. The van der Waals surface area contributed by atoms with Crippen molar-refractivity contribution >= 4 is 18.0 Å². The third-order valence-corrected chi connectivity index (χ3v) is 3.34. The molecule has 0 radical (unpaired) electrons. The number of amides is 1. The summed E-state index contributed by atoms with van der Waals surface area (Å²) in [6, 6.07) is 7.29. The zero-order chi connectivity index (χ0) is 17.9. The van der Waals surface area contributed by atoms with Gasteiger partial charge in [0.1, 0.15) is 6.04 Å². The van der Waals surface area contributed by atoms with Crippen LogP contribution in [-0.2, 0) is 20.7 Å². The van der Waals surface area contributed by atoms with Crippen LogP contribution in [0.5, 0.6) is 0 Å². The highest BCUT2D eigenvalue weighted by Crippen LogP contribution is 2.25. The predicted octanol–water partition coefficient (Wildman–Crippen LogP) is 2.42. The Labute approximate surface area is 140 Å². The second kappa shape index (κ2) is 10.3. The van der Waals surface area contributed by atoms with E-state index in [0.717, 1.165) is 6.42 Å². The van der Waals surface area contributed by atoms with Crippen LogP contribution in [-0.4, -0.2) is 40.9 Å². The summed E-state index contributed by atoms with van der Waals surface area (Å²) in [5, 5.41) is 19.3. The lowest BCUT2D eigenvalue weighted by Gasteiger charge is -2.13. The second-order valence-electron chi connectivity index (χ2n) is 5.40. The number of carboxylic acid groups (broad SMARTS) is 2. The van der Waals surface area contributed by atoms with Gasteiger partial charge in [0.15, 0.2) is 0 Å². The highest BCUT2D eigenvalue weighted by atomic mass is 16.5. The molecular weight excluding hydrogens is 314 g/mol. The van der Waals surface area contributed by atoms with Crippen molar-refractivity contribution in [3.63, 3.8) is 0 Å². The normalized spacial score (nSPS) is 12.0. The summed E-state index contributed by atoms with van der Waals surface area (Å²) in [5.74, 6) is -2.39. The van der Waals surface area contributed by atoms with Crippen LogP contribution in [0.4, 0.5) is 4.79 Å². The van der Waals surface area contributed by atoms with E-state index < -0.39 is 24.1 Å². The van der Waals surface area contributed by atoms with E-state index in [0.29, 0.717) is 6.42 Å². The molecule has 0 saturated heterocycles.